The van der Waals surface area contributed by atoms with Crippen LogP contribution in [0.4, 0.5) is 0 Å². The second-order valence-corrected chi connectivity index (χ2v) is 8.77. The fraction of sp³-hybridized carbons (Fsp3) is 0.571. The van der Waals surface area contributed by atoms with Gasteiger partial charge in [-0.15, -0.1) is 0 Å². The minimum absolute atomic E-state index is 0.0890. The number of amides is 1. The van der Waals surface area contributed by atoms with Crippen LogP contribution in [0.5, 0.6) is 0 Å². The normalized spacial score (nSPS) is 20.2. The van der Waals surface area contributed by atoms with Crippen LogP contribution < -0.4 is 5.32 Å². The summed E-state index contributed by atoms with van der Waals surface area (Å²) >= 11 is 0. The van der Waals surface area contributed by atoms with Crippen molar-refractivity contribution in [3.05, 3.63) is 28.2 Å². The first-order chi connectivity index (χ1) is 12.8. The molecule has 0 saturated carbocycles. The number of carbonyl (C=O) groups excluding carboxylic acids is 3. The summed E-state index contributed by atoms with van der Waals surface area (Å²) < 4.78 is 10.2. The molecule has 154 valence electrons. The van der Waals surface area contributed by atoms with Crippen molar-refractivity contribution in [2.24, 2.45) is 11.3 Å². The fourth-order valence-corrected chi connectivity index (χ4v) is 3.22. The van der Waals surface area contributed by atoms with Crippen LogP contribution in [0.1, 0.15) is 68.3 Å². The van der Waals surface area contributed by atoms with Crippen molar-refractivity contribution >= 4 is 23.9 Å². The van der Waals surface area contributed by atoms with E-state index in [9.17, 15) is 14.4 Å². The third-order valence-corrected chi connectivity index (χ3v) is 5.19. The first-order valence-electron chi connectivity index (χ1n) is 9.30. The maximum Gasteiger partial charge on any atom is 0.355 e. The van der Waals surface area contributed by atoms with Crippen LogP contribution in [0.2, 0.25) is 0 Å². The van der Waals surface area contributed by atoms with Gasteiger partial charge in [-0.3, -0.25) is 9.59 Å². The third-order valence-electron chi connectivity index (χ3n) is 5.19. The van der Waals surface area contributed by atoms with Gasteiger partial charge in [0.2, 0.25) is 5.91 Å². The average Bonchev–Trinajstić information content (AvgIpc) is 2.95. The van der Waals surface area contributed by atoms with E-state index in [2.05, 4.69) is 10.3 Å². The Morgan fingerprint density at radius 1 is 1.18 bits per heavy atom. The zero-order chi connectivity index (χ0) is 21.4. The van der Waals surface area contributed by atoms with E-state index in [1.165, 1.54) is 7.11 Å². The summed E-state index contributed by atoms with van der Waals surface area (Å²) in [6, 6.07) is 0. The Balaban J connectivity index is 2.43. The molecule has 1 aliphatic rings. The molecule has 1 atom stereocenters. The van der Waals surface area contributed by atoms with Crippen molar-refractivity contribution in [2.75, 3.05) is 7.11 Å². The van der Waals surface area contributed by atoms with Gasteiger partial charge in [-0.2, -0.15) is 0 Å². The number of rotatable bonds is 4. The Morgan fingerprint density at radius 2 is 1.79 bits per heavy atom. The molecule has 2 N–H and O–H groups in total. The van der Waals surface area contributed by atoms with E-state index in [4.69, 9.17) is 9.47 Å². The molecule has 0 aromatic carbocycles. The maximum absolute atomic E-state index is 12.5. The zero-order valence-corrected chi connectivity index (χ0v) is 17.9. The van der Waals surface area contributed by atoms with Gasteiger partial charge in [-0.1, -0.05) is 13.8 Å². The van der Waals surface area contributed by atoms with Crippen LogP contribution in [0.15, 0.2) is 5.70 Å². The Labute approximate surface area is 165 Å². The van der Waals surface area contributed by atoms with Gasteiger partial charge in [-0.05, 0) is 51.8 Å². The smallest absolute Gasteiger partial charge is 0.355 e. The Bertz CT molecular complexity index is 840. The van der Waals surface area contributed by atoms with Gasteiger partial charge in [0, 0.05) is 17.3 Å². The molecule has 7 heteroatoms. The molecule has 0 aliphatic carbocycles. The predicted molar refractivity (Wildman–Crippen MR) is 105 cm³/mol. The van der Waals surface area contributed by atoms with Crippen molar-refractivity contribution < 1.29 is 23.9 Å². The van der Waals surface area contributed by atoms with Gasteiger partial charge >= 0.3 is 11.9 Å². The number of H-pyrrole nitrogens is 1. The molecule has 0 spiro atoms. The highest BCUT2D eigenvalue weighted by Crippen LogP contribution is 2.41. The molecular formula is C21H30N2O5. The lowest BCUT2D eigenvalue weighted by Gasteiger charge is -2.22. The third kappa shape index (κ3) is 4.29. The zero-order valence-electron chi connectivity index (χ0n) is 17.9. The van der Waals surface area contributed by atoms with Crippen molar-refractivity contribution in [3.63, 3.8) is 0 Å². The van der Waals surface area contributed by atoms with E-state index in [0.29, 0.717) is 17.1 Å². The van der Waals surface area contributed by atoms with E-state index in [1.54, 1.807) is 19.9 Å². The van der Waals surface area contributed by atoms with Gasteiger partial charge in [0.05, 0.1) is 18.9 Å². The highest BCUT2D eigenvalue weighted by Gasteiger charge is 2.46. The maximum atomic E-state index is 12.5. The van der Waals surface area contributed by atoms with Crippen LogP contribution in [-0.2, 0) is 19.1 Å². The number of aromatic amines is 1. The molecule has 7 nitrogen and oxygen atoms in total. The standard InChI is InChI=1S/C21H30N2O5/c1-11-12(2)17(18(25)28-20(3,4)5)22-14(11)10-15-13(9-16(24)27-8)21(6,7)19(26)23-15/h10,13,22H,9H2,1-8H3,(H,23,26)/b15-10-. The molecule has 28 heavy (non-hydrogen) atoms. The molecule has 0 bridgehead atoms. The second-order valence-electron chi connectivity index (χ2n) is 8.77. The molecule has 1 aliphatic heterocycles. The molecule has 0 radical (unpaired) electrons. The molecule has 2 heterocycles. The average molecular weight is 390 g/mol. The fourth-order valence-electron chi connectivity index (χ4n) is 3.22. The van der Waals surface area contributed by atoms with E-state index < -0.39 is 17.0 Å². The highest BCUT2D eigenvalue weighted by atomic mass is 16.6. The summed E-state index contributed by atoms with van der Waals surface area (Å²) in [5.74, 6) is -1.31. The van der Waals surface area contributed by atoms with Crippen LogP contribution in [0.3, 0.4) is 0 Å². The molecule has 1 amide bonds. The Kier molecular flexibility index (Phi) is 5.78. The summed E-state index contributed by atoms with van der Waals surface area (Å²) in [5, 5.41) is 2.87. The predicted octanol–water partition coefficient (Wildman–Crippen LogP) is 3.26. The molecule has 1 aromatic rings. The number of esters is 2. The number of nitrogens with one attached hydrogen (secondary N) is 2. The summed E-state index contributed by atoms with van der Waals surface area (Å²) in [5.41, 5.74) is 2.02. The van der Waals surface area contributed by atoms with Crippen LogP contribution in [-0.4, -0.2) is 35.5 Å². The summed E-state index contributed by atoms with van der Waals surface area (Å²) in [6.07, 6.45) is 1.88. The monoisotopic (exact) mass is 390 g/mol. The van der Waals surface area contributed by atoms with Gasteiger partial charge in [0.1, 0.15) is 11.3 Å². The number of carbonyl (C=O) groups is 3. The Morgan fingerprint density at radius 3 is 2.32 bits per heavy atom. The van der Waals surface area contributed by atoms with Gasteiger partial charge in [0.25, 0.3) is 0 Å². The quantitative estimate of drug-likeness (QED) is 0.769. The number of allylic oxidation sites excluding steroid dienone is 1. The van der Waals surface area contributed by atoms with Crippen molar-refractivity contribution in [1.82, 2.24) is 10.3 Å². The largest absolute Gasteiger partial charge is 0.469 e. The second kappa shape index (κ2) is 7.45. The summed E-state index contributed by atoms with van der Waals surface area (Å²) in [6.45, 7) is 12.8. The summed E-state index contributed by atoms with van der Waals surface area (Å²) in [4.78, 5) is 39.9. The molecule has 1 aromatic heterocycles. The number of ether oxygens (including phenoxy) is 2. The lowest BCUT2D eigenvalue weighted by atomic mass is 9.78. The molecular weight excluding hydrogens is 360 g/mol. The van der Waals surface area contributed by atoms with E-state index >= 15 is 0 Å². The van der Waals surface area contributed by atoms with E-state index in [-0.39, 0.29) is 24.2 Å². The molecule has 1 saturated heterocycles. The highest BCUT2D eigenvalue weighted by molar-refractivity contribution is 5.92. The number of hydrogen-bond donors (Lipinski definition) is 2. The van der Waals surface area contributed by atoms with Crippen LogP contribution >= 0.6 is 0 Å². The first-order valence-corrected chi connectivity index (χ1v) is 9.30. The van der Waals surface area contributed by atoms with Gasteiger partial charge in [0.15, 0.2) is 0 Å². The number of aromatic nitrogens is 1. The minimum Gasteiger partial charge on any atom is -0.469 e. The van der Waals surface area contributed by atoms with Gasteiger partial charge in [-0.25, -0.2) is 4.79 Å². The first kappa shape index (κ1) is 21.7. The van der Waals surface area contributed by atoms with E-state index in [1.807, 2.05) is 34.6 Å². The SMILES string of the molecule is COC(=O)CC1/C(=C/c2[nH]c(C(=O)OC(C)(C)C)c(C)c2C)NC(=O)C1(C)C. The van der Waals surface area contributed by atoms with Crippen molar-refractivity contribution in [3.8, 4) is 0 Å². The lowest BCUT2D eigenvalue weighted by molar-refractivity contribution is -0.142. The number of hydrogen-bond acceptors (Lipinski definition) is 5. The van der Waals surface area contributed by atoms with Crippen molar-refractivity contribution in [1.29, 1.82) is 0 Å². The van der Waals surface area contributed by atoms with Crippen LogP contribution in [0, 0.1) is 25.2 Å². The lowest BCUT2D eigenvalue weighted by Crippen LogP contribution is -2.29. The Hall–Kier alpha value is -2.57. The molecule has 1 fully saturated rings. The van der Waals surface area contributed by atoms with E-state index in [0.717, 1.165) is 11.1 Å². The summed E-state index contributed by atoms with van der Waals surface area (Å²) in [7, 11) is 1.33. The van der Waals surface area contributed by atoms with Crippen molar-refractivity contribution in [2.45, 2.75) is 60.5 Å². The minimum atomic E-state index is -0.746. The van der Waals surface area contributed by atoms with Gasteiger partial charge < -0.3 is 19.8 Å². The van der Waals surface area contributed by atoms with Crippen LogP contribution in [0.25, 0.3) is 6.08 Å². The molecule has 2 rings (SSSR count). The molecule has 1 unspecified atom stereocenters. The number of methoxy groups -OCH3 is 1. The topological polar surface area (TPSA) is 97.5 Å².